The van der Waals surface area contributed by atoms with Gasteiger partial charge in [0, 0.05) is 5.69 Å². The Balaban J connectivity index is 2.12. The zero-order chi connectivity index (χ0) is 11.5. The van der Waals surface area contributed by atoms with Gasteiger partial charge in [-0.15, -0.1) is 0 Å². The number of hydrogen-bond acceptors (Lipinski definition) is 4. The van der Waals surface area contributed by atoms with E-state index in [9.17, 15) is 0 Å². The molecule has 0 amide bonds. The van der Waals surface area contributed by atoms with Gasteiger partial charge in [0.2, 0.25) is 0 Å². The molecule has 0 fully saturated rings. The molecule has 0 spiro atoms. The minimum absolute atomic E-state index is 0.0954. The third-order valence-electron chi connectivity index (χ3n) is 2.44. The van der Waals surface area contributed by atoms with Gasteiger partial charge < -0.3 is 21.2 Å². The van der Waals surface area contributed by atoms with E-state index in [4.69, 9.17) is 15.9 Å². The maximum atomic E-state index is 5.73. The molecule has 84 valence electrons. The monoisotopic (exact) mass is 217 g/mol. The fraction of sp³-hybridized carbons (Fsp3) is 0.167. The molecule has 0 radical (unpaired) electrons. The van der Waals surface area contributed by atoms with Crippen molar-refractivity contribution in [2.45, 2.75) is 13.0 Å². The molecule has 4 heteroatoms. The molecule has 1 unspecified atom stereocenters. The first kappa shape index (κ1) is 10.4. The molecule has 5 N–H and O–H groups in total. The largest absolute Gasteiger partial charge is 0.467 e. The van der Waals surface area contributed by atoms with Crippen LogP contribution in [0.1, 0.15) is 18.7 Å². The van der Waals surface area contributed by atoms with E-state index < -0.39 is 0 Å². The number of nitrogen functional groups attached to an aromatic ring is 2. The average molecular weight is 217 g/mol. The number of rotatable bonds is 3. The lowest BCUT2D eigenvalue weighted by Crippen LogP contribution is -2.06. The summed E-state index contributed by atoms with van der Waals surface area (Å²) in [5, 5.41) is 3.28. The summed E-state index contributed by atoms with van der Waals surface area (Å²) < 4.78 is 5.30. The van der Waals surface area contributed by atoms with Crippen LogP contribution in [0.15, 0.2) is 41.0 Å². The van der Waals surface area contributed by atoms with Crippen LogP contribution >= 0.6 is 0 Å². The first-order chi connectivity index (χ1) is 7.66. The molecule has 4 nitrogen and oxygen atoms in total. The van der Waals surface area contributed by atoms with Crippen LogP contribution in [0.25, 0.3) is 0 Å². The van der Waals surface area contributed by atoms with Crippen molar-refractivity contribution in [1.82, 2.24) is 0 Å². The summed E-state index contributed by atoms with van der Waals surface area (Å²) in [6.45, 7) is 2.02. The quantitative estimate of drug-likeness (QED) is 0.690. The Morgan fingerprint density at radius 2 is 2.00 bits per heavy atom. The first-order valence-corrected chi connectivity index (χ1v) is 5.12. The Labute approximate surface area is 94.2 Å². The van der Waals surface area contributed by atoms with Crippen LogP contribution in [-0.4, -0.2) is 0 Å². The zero-order valence-corrected chi connectivity index (χ0v) is 9.10. The van der Waals surface area contributed by atoms with Gasteiger partial charge >= 0.3 is 0 Å². The molecule has 2 rings (SSSR count). The molecule has 16 heavy (non-hydrogen) atoms. The van der Waals surface area contributed by atoms with Crippen molar-refractivity contribution >= 4 is 17.1 Å². The summed E-state index contributed by atoms with van der Waals surface area (Å²) in [5.74, 6) is 0.885. The highest BCUT2D eigenvalue weighted by Crippen LogP contribution is 2.24. The SMILES string of the molecule is CC(Nc1ccc(N)c(N)c1)c1ccco1. The number of nitrogens with one attached hydrogen (secondary N) is 1. The maximum absolute atomic E-state index is 5.73. The number of furan rings is 1. The third-order valence-corrected chi connectivity index (χ3v) is 2.44. The molecule has 1 heterocycles. The summed E-state index contributed by atoms with van der Waals surface area (Å²) in [7, 11) is 0. The minimum Gasteiger partial charge on any atom is -0.467 e. The number of hydrogen-bond donors (Lipinski definition) is 3. The summed E-state index contributed by atoms with van der Waals surface area (Å²) in [4.78, 5) is 0. The van der Waals surface area contributed by atoms with E-state index in [0.29, 0.717) is 11.4 Å². The fourth-order valence-corrected chi connectivity index (χ4v) is 1.52. The Morgan fingerprint density at radius 3 is 2.62 bits per heavy atom. The van der Waals surface area contributed by atoms with E-state index in [1.807, 2.05) is 31.2 Å². The van der Waals surface area contributed by atoms with E-state index in [-0.39, 0.29) is 6.04 Å². The maximum Gasteiger partial charge on any atom is 0.125 e. The second-order valence-electron chi connectivity index (χ2n) is 3.73. The first-order valence-electron chi connectivity index (χ1n) is 5.12. The van der Waals surface area contributed by atoms with Gasteiger partial charge in [0.15, 0.2) is 0 Å². The van der Waals surface area contributed by atoms with Crippen molar-refractivity contribution in [3.63, 3.8) is 0 Å². The van der Waals surface area contributed by atoms with Crippen molar-refractivity contribution in [1.29, 1.82) is 0 Å². The van der Waals surface area contributed by atoms with Crippen LogP contribution in [0.3, 0.4) is 0 Å². The molecule has 0 bridgehead atoms. The van der Waals surface area contributed by atoms with Gasteiger partial charge in [-0.05, 0) is 37.3 Å². The van der Waals surface area contributed by atoms with Crippen LogP contribution in [0, 0.1) is 0 Å². The lowest BCUT2D eigenvalue weighted by molar-refractivity contribution is 0.490. The second-order valence-corrected chi connectivity index (χ2v) is 3.73. The smallest absolute Gasteiger partial charge is 0.125 e. The molecule has 0 aliphatic rings. The molecular weight excluding hydrogens is 202 g/mol. The normalized spacial score (nSPS) is 12.3. The predicted octanol–water partition coefficient (Wildman–Crippen LogP) is 2.62. The summed E-state index contributed by atoms with van der Waals surface area (Å²) in [5.41, 5.74) is 13.5. The average Bonchev–Trinajstić information content (AvgIpc) is 2.77. The number of anilines is 3. The number of benzene rings is 1. The van der Waals surface area contributed by atoms with Crippen LogP contribution in [0.2, 0.25) is 0 Å². The fourth-order valence-electron chi connectivity index (χ4n) is 1.52. The highest BCUT2D eigenvalue weighted by atomic mass is 16.3. The second kappa shape index (κ2) is 4.18. The van der Waals surface area contributed by atoms with Gasteiger partial charge in [0.05, 0.1) is 23.7 Å². The number of nitrogens with two attached hydrogens (primary N) is 2. The van der Waals surface area contributed by atoms with Crippen LogP contribution < -0.4 is 16.8 Å². The third kappa shape index (κ3) is 2.11. The van der Waals surface area contributed by atoms with Gasteiger partial charge in [-0.1, -0.05) is 0 Å². The van der Waals surface area contributed by atoms with Gasteiger partial charge in [0.1, 0.15) is 5.76 Å². The van der Waals surface area contributed by atoms with Gasteiger partial charge in [0.25, 0.3) is 0 Å². The van der Waals surface area contributed by atoms with Gasteiger partial charge in [-0.25, -0.2) is 0 Å². The Morgan fingerprint density at radius 1 is 1.19 bits per heavy atom. The summed E-state index contributed by atoms with van der Waals surface area (Å²) in [6.07, 6.45) is 1.66. The van der Waals surface area contributed by atoms with E-state index in [2.05, 4.69) is 5.32 Å². The van der Waals surface area contributed by atoms with Crippen molar-refractivity contribution in [3.05, 3.63) is 42.4 Å². The van der Waals surface area contributed by atoms with Crippen molar-refractivity contribution in [2.24, 2.45) is 0 Å². The molecule has 1 atom stereocenters. The van der Waals surface area contributed by atoms with Crippen LogP contribution in [-0.2, 0) is 0 Å². The minimum atomic E-state index is 0.0954. The molecular formula is C12H15N3O. The Kier molecular flexibility index (Phi) is 2.72. The van der Waals surface area contributed by atoms with Gasteiger partial charge in [-0.3, -0.25) is 0 Å². The van der Waals surface area contributed by atoms with Crippen molar-refractivity contribution < 1.29 is 4.42 Å². The molecule has 1 aromatic carbocycles. The molecule has 0 saturated carbocycles. The lowest BCUT2D eigenvalue weighted by atomic mass is 10.2. The van der Waals surface area contributed by atoms with E-state index in [0.717, 1.165) is 11.4 Å². The summed E-state index contributed by atoms with van der Waals surface area (Å²) in [6, 6.07) is 9.38. The van der Waals surface area contributed by atoms with Crippen molar-refractivity contribution in [3.8, 4) is 0 Å². The highest BCUT2D eigenvalue weighted by Gasteiger charge is 2.08. The van der Waals surface area contributed by atoms with E-state index in [1.54, 1.807) is 12.3 Å². The lowest BCUT2D eigenvalue weighted by Gasteiger charge is -2.13. The van der Waals surface area contributed by atoms with Gasteiger partial charge in [-0.2, -0.15) is 0 Å². The Bertz CT molecular complexity index is 465. The standard InChI is InChI=1S/C12H15N3O/c1-8(12-3-2-6-16-12)15-9-4-5-10(13)11(14)7-9/h2-8,15H,13-14H2,1H3. The predicted molar refractivity (Wildman–Crippen MR) is 66.0 cm³/mol. The van der Waals surface area contributed by atoms with E-state index >= 15 is 0 Å². The summed E-state index contributed by atoms with van der Waals surface area (Å²) >= 11 is 0. The zero-order valence-electron chi connectivity index (χ0n) is 9.10. The topological polar surface area (TPSA) is 77.2 Å². The highest BCUT2D eigenvalue weighted by molar-refractivity contribution is 5.69. The molecule has 0 aliphatic carbocycles. The van der Waals surface area contributed by atoms with Crippen molar-refractivity contribution in [2.75, 3.05) is 16.8 Å². The molecule has 2 aromatic rings. The molecule has 0 aliphatic heterocycles. The van der Waals surface area contributed by atoms with E-state index in [1.165, 1.54) is 0 Å². The molecule has 1 aromatic heterocycles. The van der Waals surface area contributed by atoms with Crippen LogP contribution in [0.4, 0.5) is 17.1 Å². The van der Waals surface area contributed by atoms with Crippen LogP contribution in [0.5, 0.6) is 0 Å². The Hall–Kier alpha value is -2.10. The molecule has 0 saturated heterocycles.